The molecule has 1 N–H and O–H groups in total. The van der Waals surface area contributed by atoms with Gasteiger partial charge in [0, 0.05) is 17.6 Å². The Bertz CT molecular complexity index is 1170. The van der Waals surface area contributed by atoms with Crippen LogP contribution in [0.2, 0.25) is 5.02 Å². The van der Waals surface area contributed by atoms with Gasteiger partial charge in [0.2, 0.25) is 11.2 Å². The first kappa shape index (κ1) is 21.7. The molecular weight excluding hydrogens is 431 g/mol. The smallest absolute Gasteiger partial charge is 0.450 e. The maximum absolute atomic E-state index is 13.9. The Morgan fingerprint density at radius 2 is 1.87 bits per heavy atom. The van der Waals surface area contributed by atoms with E-state index >= 15 is 0 Å². The van der Waals surface area contributed by atoms with Gasteiger partial charge in [-0.25, -0.2) is 0 Å². The van der Waals surface area contributed by atoms with Crippen LogP contribution in [0.25, 0.3) is 22.1 Å². The van der Waals surface area contributed by atoms with Crippen molar-refractivity contribution in [2.75, 3.05) is 6.54 Å². The molecule has 0 radical (unpaired) electrons. The summed E-state index contributed by atoms with van der Waals surface area (Å²) in [4.78, 5) is 15.3. The molecular formula is C23H21ClF3NO3. The number of benzene rings is 2. The molecule has 4 rings (SSSR count). The van der Waals surface area contributed by atoms with Crippen molar-refractivity contribution in [3.63, 3.8) is 0 Å². The number of halogens is 4. The summed E-state index contributed by atoms with van der Waals surface area (Å²) < 4.78 is 47.2. The van der Waals surface area contributed by atoms with E-state index in [-0.39, 0.29) is 40.4 Å². The number of hydrogen-bond donors (Lipinski definition) is 1. The third kappa shape index (κ3) is 4.16. The van der Waals surface area contributed by atoms with Crippen LogP contribution in [0.15, 0.2) is 45.6 Å². The summed E-state index contributed by atoms with van der Waals surface area (Å²) in [7, 11) is 0. The van der Waals surface area contributed by atoms with Crippen LogP contribution in [0, 0.1) is 0 Å². The normalized spacial score (nSPS) is 17.9. The van der Waals surface area contributed by atoms with Gasteiger partial charge in [0.1, 0.15) is 11.3 Å². The Morgan fingerprint density at radius 3 is 2.52 bits per heavy atom. The quantitative estimate of drug-likeness (QED) is 0.514. The number of phenolic OH excluding ortho intramolecular Hbond substituents is 1. The third-order valence-corrected chi connectivity index (χ3v) is 6.08. The second kappa shape index (κ2) is 8.20. The molecule has 0 amide bonds. The highest BCUT2D eigenvalue weighted by Crippen LogP contribution is 2.39. The van der Waals surface area contributed by atoms with Gasteiger partial charge in [0.05, 0.1) is 16.5 Å². The molecule has 2 aromatic carbocycles. The van der Waals surface area contributed by atoms with E-state index < -0.39 is 22.9 Å². The largest absolute Gasteiger partial charge is 0.507 e. The van der Waals surface area contributed by atoms with E-state index in [0.29, 0.717) is 5.02 Å². The standard InChI is InChI=1S/C23H21ClF3NO3/c1-13-4-2-3-11-28(13)12-17-18(29)10-9-16-20(30)19(14-5-7-15(24)8-6-14)22(23(25,26)27)31-21(16)17/h5-10,13,29H,2-4,11-12H2,1H3. The van der Waals surface area contributed by atoms with Crippen LogP contribution in [0.4, 0.5) is 13.2 Å². The first-order chi connectivity index (χ1) is 14.7. The molecule has 8 heteroatoms. The number of nitrogens with zero attached hydrogens (tertiary/aromatic N) is 1. The number of aromatic hydroxyl groups is 1. The minimum Gasteiger partial charge on any atom is -0.507 e. The molecule has 0 saturated carbocycles. The van der Waals surface area contributed by atoms with Gasteiger partial charge in [-0.1, -0.05) is 30.2 Å². The highest BCUT2D eigenvalue weighted by atomic mass is 35.5. The van der Waals surface area contributed by atoms with Crippen LogP contribution < -0.4 is 5.43 Å². The number of rotatable bonds is 3. The molecule has 0 aliphatic carbocycles. The Balaban J connectivity index is 1.96. The molecule has 164 valence electrons. The van der Waals surface area contributed by atoms with Gasteiger partial charge in [-0.3, -0.25) is 9.69 Å². The first-order valence-corrected chi connectivity index (χ1v) is 10.4. The fraction of sp³-hybridized carbons (Fsp3) is 0.348. The van der Waals surface area contributed by atoms with Crippen molar-refractivity contribution in [1.29, 1.82) is 0 Å². The second-order valence-corrected chi connectivity index (χ2v) is 8.33. The highest BCUT2D eigenvalue weighted by Gasteiger charge is 2.40. The van der Waals surface area contributed by atoms with E-state index in [1.807, 2.05) is 6.92 Å². The molecule has 1 fully saturated rings. The van der Waals surface area contributed by atoms with E-state index in [2.05, 4.69) is 4.90 Å². The van der Waals surface area contributed by atoms with E-state index in [1.165, 1.54) is 36.4 Å². The molecule has 0 spiro atoms. The van der Waals surface area contributed by atoms with Gasteiger partial charge in [-0.15, -0.1) is 0 Å². The van der Waals surface area contributed by atoms with Crippen LogP contribution in [0.3, 0.4) is 0 Å². The second-order valence-electron chi connectivity index (χ2n) is 7.90. The number of fused-ring (bicyclic) bond motifs is 1. The molecule has 31 heavy (non-hydrogen) atoms. The Morgan fingerprint density at radius 1 is 1.16 bits per heavy atom. The Hall–Kier alpha value is -2.51. The molecule has 2 heterocycles. The van der Waals surface area contributed by atoms with E-state index in [0.717, 1.165) is 25.8 Å². The lowest BCUT2D eigenvalue weighted by atomic mass is 9.99. The number of hydrogen-bond acceptors (Lipinski definition) is 4. The molecule has 4 nitrogen and oxygen atoms in total. The van der Waals surface area contributed by atoms with Crippen molar-refractivity contribution >= 4 is 22.6 Å². The number of likely N-dealkylation sites (tertiary alicyclic amines) is 1. The molecule has 1 unspecified atom stereocenters. The summed E-state index contributed by atoms with van der Waals surface area (Å²) in [6.07, 6.45) is -1.89. The summed E-state index contributed by atoms with van der Waals surface area (Å²) in [6, 6.07) is 8.40. The monoisotopic (exact) mass is 451 g/mol. The lowest BCUT2D eigenvalue weighted by molar-refractivity contribution is -0.152. The molecule has 1 aromatic heterocycles. The topological polar surface area (TPSA) is 53.7 Å². The predicted octanol–water partition coefficient (Wildman–Crippen LogP) is 6.21. The summed E-state index contributed by atoms with van der Waals surface area (Å²) >= 11 is 5.85. The van der Waals surface area contributed by atoms with Crippen LogP contribution >= 0.6 is 11.6 Å². The zero-order valence-corrected chi connectivity index (χ0v) is 17.6. The third-order valence-electron chi connectivity index (χ3n) is 5.83. The number of alkyl halides is 3. The van der Waals surface area contributed by atoms with Gasteiger partial charge in [-0.05, 0) is 56.1 Å². The van der Waals surface area contributed by atoms with Gasteiger partial charge < -0.3 is 9.52 Å². The summed E-state index contributed by atoms with van der Waals surface area (Å²) in [5, 5.41) is 10.8. The van der Waals surface area contributed by atoms with Crippen LogP contribution in [-0.4, -0.2) is 22.6 Å². The van der Waals surface area contributed by atoms with Crippen LogP contribution in [0.1, 0.15) is 37.5 Å². The van der Waals surface area contributed by atoms with E-state index in [9.17, 15) is 23.1 Å². The minimum atomic E-state index is -4.90. The maximum Gasteiger partial charge on any atom is 0.450 e. The lowest BCUT2D eigenvalue weighted by Gasteiger charge is -2.33. The summed E-state index contributed by atoms with van der Waals surface area (Å²) in [5.41, 5.74) is -1.35. The van der Waals surface area contributed by atoms with Crippen molar-refractivity contribution in [3.8, 4) is 16.9 Å². The minimum absolute atomic E-state index is 0.00425. The zero-order chi connectivity index (χ0) is 22.3. The van der Waals surface area contributed by atoms with Gasteiger partial charge in [0.15, 0.2) is 0 Å². The first-order valence-electron chi connectivity index (χ1n) is 10.1. The summed E-state index contributed by atoms with van der Waals surface area (Å²) in [5.74, 6) is -1.58. The molecule has 0 bridgehead atoms. The van der Waals surface area contributed by atoms with Crippen molar-refractivity contribution in [2.24, 2.45) is 0 Å². The summed E-state index contributed by atoms with van der Waals surface area (Å²) in [6.45, 7) is 3.00. The number of phenols is 1. The Kier molecular flexibility index (Phi) is 5.75. The van der Waals surface area contributed by atoms with E-state index in [4.69, 9.17) is 16.0 Å². The van der Waals surface area contributed by atoms with Crippen LogP contribution in [-0.2, 0) is 12.7 Å². The molecule has 1 atom stereocenters. The zero-order valence-electron chi connectivity index (χ0n) is 16.8. The fourth-order valence-corrected chi connectivity index (χ4v) is 4.26. The van der Waals surface area contributed by atoms with Crippen molar-refractivity contribution in [3.05, 3.63) is 63.0 Å². The van der Waals surface area contributed by atoms with E-state index in [1.54, 1.807) is 0 Å². The molecule has 1 aliphatic rings. The van der Waals surface area contributed by atoms with Gasteiger partial charge in [-0.2, -0.15) is 13.2 Å². The average Bonchev–Trinajstić information content (AvgIpc) is 2.71. The molecule has 1 saturated heterocycles. The highest BCUT2D eigenvalue weighted by molar-refractivity contribution is 6.30. The molecule has 3 aromatic rings. The van der Waals surface area contributed by atoms with Gasteiger partial charge >= 0.3 is 6.18 Å². The maximum atomic E-state index is 13.9. The number of piperidine rings is 1. The lowest BCUT2D eigenvalue weighted by Crippen LogP contribution is -2.36. The fourth-order valence-electron chi connectivity index (χ4n) is 4.13. The molecule has 1 aliphatic heterocycles. The van der Waals surface area contributed by atoms with Crippen molar-refractivity contribution in [1.82, 2.24) is 4.90 Å². The van der Waals surface area contributed by atoms with Crippen molar-refractivity contribution < 1.29 is 22.7 Å². The predicted molar refractivity (Wildman–Crippen MR) is 113 cm³/mol. The SMILES string of the molecule is CC1CCCCN1Cc1c(O)ccc2c(=O)c(-c3ccc(Cl)cc3)c(C(F)(F)F)oc12. The average molecular weight is 452 g/mol. The van der Waals surface area contributed by atoms with Crippen molar-refractivity contribution in [2.45, 2.75) is 44.9 Å². The Labute approximate surface area is 181 Å². The van der Waals surface area contributed by atoms with Crippen LogP contribution in [0.5, 0.6) is 5.75 Å². The van der Waals surface area contributed by atoms with Gasteiger partial charge in [0.25, 0.3) is 0 Å².